The topological polar surface area (TPSA) is 97.0 Å². The van der Waals surface area contributed by atoms with Gasteiger partial charge < -0.3 is 25.0 Å². The van der Waals surface area contributed by atoms with Crippen molar-refractivity contribution in [3.8, 4) is 11.5 Å². The second-order valence-corrected chi connectivity index (χ2v) is 7.16. The summed E-state index contributed by atoms with van der Waals surface area (Å²) in [7, 11) is 3.13. The number of hydrogen-bond acceptors (Lipinski definition) is 5. The highest BCUT2D eigenvalue weighted by Crippen LogP contribution is 2.21. The number of carbonyl (C=O) groups excluding carboxylic acids is 3. The predicted molar refractivity (Wildman–Crippen MR) is 115 cm³/mol. The Morgan fingerprint density at radius 2 is 1.42 bits per heavy atom. The molecule has 1 aliphatic heterocycles. The lowest BCUT2D eigenvalue weighted by Crippen LogP contribution is -2.47. The van der Waals surface area contributed by atoms with Crippen molar-refractivity contribution < 1.29 is 23.9 Å². The van der Waals surface area contributed by atoms with Crippen LogP contribution in [0.3, 0.4) is 0 Å². The van der Waals surface area contributed by atoms with Gasteiger partial charge in [0, 0.05) is 30.8 Å². The number of nitrogens with one attached hydrogen (secondary N) is 2. The first-order valence-corrected chi connectivity index (χ1v) is 10.2. The summed E-state index contributed by atoms with van der Waals surface area (Å²) in [5, 5.41) is 5.58. The largest absolute Gasteiger partial charge is 0.497 e. The maximum Gasteiger partial charge on any atom is 0.254 e. The van der Waals surface area contributed by atoms with E-state index in [2.05, 4.69) is 10.6 Å². The first-order chi connectivity index (χ1) is 15.0. The van der Waals surface area contributed by atoms with Gasteiger partial charge in [-0.1, -0.05) is 0 Å². The van der Waals surface area contributed by atoms with E-state index in [1.54, 1.807) is 67.7 Å². The van der Waals surface area contributed by atoms with Crippen LogP contribution in [0.1, 0.15) is 33.6 Å². The summed E-state index contributed by atoms with van der Waals surface area (Å²) in [5.74, 6) is 0.735. The summed E-state index contributed by atoms with van der Waals surface area (Å²) >= 11 is 0. The van der Waals surface area contributed by atoms with Crippen LogP contribution in [0.5, 0.6) is 11.5 Å². The lowest BCUT2D eigenvalue weighted by atomic mass is 10.1. The molecule has 3 amide bonds. The summed E-state index contributed by atoms with van der Waals surface area (Å²) in [6.45, 7) is 1.11. The molecule has 0 radical (unpaired) electrons. The van der Waals surface area contributed by atoms with Crippen molar-refractivity contribution >= 4 is 17.7 Å². The summed E-state index contributed by atoms with van der Waals surface area (Å²) in [5.41, 5.74) is 1.03. The van der Waals surface area contributed by atoms with Crippen molar-refractivity contribution in [3.05, 3.63) is 59.7 Å². The van der Waals surface area contributed by atoms with Crippen molar-refractivity contribution in [2.45, 2.75) is 18.9 Å². The van der Waals surface area contributed by atoms with Gasteiger partial charge in [-0.25, -0.2) is 0 Å². The Morgan fingerprint density at radius 3 is 2.00 bits per heavy atom. The summed E-state index contributed by atoms with van der Waals surface area (Å²) in [4.78, 5) is 39.2. The van der Waals surface area contributed by atoms with E-state index >= 15 is 0 Å². The third kappa shape index (κ3) is 5.53. The Bertz CT molecular complexity index is 912. The Morgan fingerprint density at radius 1 is 0.871 bits per heavy atom. The molecule has 3 rings (SSSR count). The second kappa shape index (κ2) is 10.5. The molecule has 31 heavy (non-hydrogen) atoms. The zero-order valence-electron chi connectivity index (χ0n) is 17.7. The molecule has 164 valence electrons. The molecule has 1 atom stereocenters. The molecule has 8 nitrogen and oxygen atoms in total. The minimum absolute atomic E-state index is 0.173. The third-order valence-corrected chi connectivity index (χ3v) is 5.22. The van der Waals surface area contributed by atoms with E-state index < -0.39 is 6.04 Å². The highest BCUT2D eigenvalue weighted by molar-refractivity contribution is 5.98. The smallest absolute Gasteiger partial charge is 0.254 e. The van der Waals surface area contributed by atoms with Crippen molar-refractivity contribution in [1.82, 2.24) is 15.5 Å². The molecular weight excluding hydrogens is 398 g/mol. The number of hydrogen-bond donors (Lipinski definition) is 2. The molecule has 1 heterocycles. The van der Waals surface area contributed by atoms with Gasteiger partial charge in [0.15, 0.2) is 0 Å². The molecule has 1 fully saturated rings. The molecule has 0 unspecified atom stereocenters. The van der Waals surface area contributed by atoms with E-state index in [1.165, 1.54) is 0 Å². The van der Waals surface area contributed by atoms with Crippen LogP contribution in [-0.2, 0) is 4.79 Å². The van der Waals surface area contributed by atoms with Crippen LogP contribution in [0.15, 0.2) is 48.5 Å². The van der Waals surface area contributed by atoms with Crippen LogP contribution < -0.4 is 20.1 Å². The van der Waals surface area contributed by atoms with Crippen molar-refractivity contribution in [2.24, 2.45) is 0 Å². The predicted octanol–water partition coefficient (Wildman–Crippen LogP) is 1.85. The van der Waals surface area contributed by atoms with E-state index in [4.69, 9.17) is 9.47 Å². The highest BCUT2D eigenvalue weighted by Gasteiger charge is 2.34. The number of amides is 3. The molecule has 1 saturated heterocycles. The molecule has 2 aromatic rings. The SMILES string of the molecule is COc1ccc(C(=O)NCCNC(=O)[C@@H]2CCCN2C(=O)c2ccc(OC)cc2)cc1. The number of likely N-dealkylation sites (tertiary alicyclic amines) is 1. The van der Waals surface area contributed by atoms with E-state index in [0.29, 0.717) is 35.6 Å². The molecular formula is C23H27N3O5. The lowest BCUT2D eigenvalue weighted by molar-refractivity contribution is -0.124. The quantitative estimate of drug-likeness (QED) is 0.630. The van der Waals surface area contributed by atoms with Gasteiger partial charge in [-0.2, -0.15) is 0 Å². The first-order valence-electron chi connectivity index (χ1n) is 10.2. The monoisotopic (exact) mass is 425 g/mol. The average Bonchev–Trinajstić information content (AvgIpc) is 3.31. The summed E-state index contributed by atoms with van der Waals surface area (Å²) in [6, 6.07) is 13.1. The number of rotatable bonds is 8. The van der Waals surface area contributed by atoms with E-state index in [1.807, 2.05) is 0 Å². The number of carbonyl (C=O) groups is 3. The lowest BCUT2D eigenvalue weighted by Gasteiger charge is -2.24. The van der Waals surface area contributed by atoms with Crippen LogP contribution in [0.4, 0.5) is 0 Å². The Labute approximate surface area is 181 Å². The Hall–Kier alpha value is -3.55. The highest BCUT2D eigenvalue weighted by atomic mass is 16.5. The first kappa shape index (κ1) is 22.1. The van der Waals surface area contributed by atoms with Crippen LogP contribution in [0, 0.1) is 0 Å². The zero-order valence-corrected chi connectivity index (χ0v) is 17.7. The van der Waals surface area contributed by atoms with Gasteiger partial charge >= 0.3 is 0 Å². The van der Waals surface area contributed by atoms with Gasteiger partial charge in [-0.05, 0) is 61.4 Å². The number of benzene rings is 2. The fourth-order valence-corrected chi connectivity index (χ4v) is 3.51. The van der Waals surface area contributed by atoms with Crippen molar-refractivity contribution in [3.63, 3.8) is 0 Å². The molecule has 0 spiro atoms. The number of nitrogens with zero attached hydrogens (tertiary/aromatic N) is 1. The summed E-state index contributed by atoms with van der Waals surface area (Å²) < 4.78 is 10.2. The Kier molecular flexibility index (Phi) is 7.48. The van der Waals surface area contributed by atoms with Crippen LogP contribution in [0.25, 0.3) is 0 Å². The normalized spacial score (nSPS) is 15.3. The van der Waals surface area contributed by atoms with E-state index in [9.17, 15) is 14.4 Å². The number of methoxy groups -OCH3 is 2. The fourth-order valence-electron chi connectivity index (χ4n) is 3.51. The maximum absolute atomic E-state index is 12.8. The van der Waals surface area contributed by atoms with Crippen LogP contribution in [0.2, 0.25) is 0 Å². The van der Waals surface area contributed by atoms with E-state index in [0.717, 1.165) is 6.42 Å². The minimum Gasteiger partial charge on any atom is -0.497 e. The van der Waals surface area contributed by atoms with Gasteiger partial charge in [0.05, 0.1) is 14.2 Å². The minimum atomic E-state index is -0.508. The zero-order chi connectivity index (χ0) is 22.2. The standard InChI is InChI=1S/C23H27N3O5/c1-30-18-9-5-16(6-10-18)21(27)24-13-14-25-22(28)20-4-3-15-26(20)23(29)17-7-11-19(31-2)12-8-17/h5-12,20H,3-4,13-15H2,1-2H3,(H,24,27)(H,25,28)/t20-/m0/s1. The molecule has 0 bridgehead atoms. The van der Waals surface area contributed by atoms with Crippen LogP contribution >= 0.6 is 0 Å². The fraction of sp³-hybridized carbons (Fsp3) is 0.348. The molecule has 0 saturated carbocycles. The average molecular weight is 425 g/mol. The second-order valence-electron chi connectivity index (χ2n) is 7.16. The molecule has 1 aliphatic rings. The summed E-state index contributed by atoms with van der Waals surface area (Å²) in [6.07, 6.45) is 1.39. The van der Waals surface area contributed by atoms with Crippen molar-refractivity contribution in [2.75, 3.05) is 33.9 Å². The van der Waals surface area contributed by atoms with Crippen molar-refractivity contribution in [1.29, 1.82) is 0 Å². The molecule has 0 aromatic heterocycles. The molecule has 8 heteroatoms. The van der Waals surface area contributed by atoms with E-state index in [-0.39, 0.29) is 30.8 Å². The van der Waals surface area contributed by atoms with Gasteiger partial charge in [-0.3, -0.25) is 14.4 Å². The Balaban J connectivity index is 1.47. The molecule has 2 N–H and O–H groups in total. The maximum atomic E-state index is 12.8. The van der Waals surface area contributed by atoms with Gasteiger partial charge in [0.1, 0.15) is 17.5 Å². The van der Waals surface area contributed by atoms with Crippen LogP contribution in [-0.4, -0.2) is 62.5 Å². The molecule has 2 aromatic carbocycles. The third-order valence-electron chi connectivity index (χ3n) is 5.22. The van der Waals surface area contributed by atoms with Gasteiger partial charge in [0.25, 0.3) is 11.8 Å². The number of ether oxygens (including phenoxy) is 2. The molecule has 0 aliphatic carbocycles. The van der Waals surface area contributed by atoms with Gasteiger partial charge in [-0.15, -0.1) is 0 Å². The van der Waals surface area contributed by atoms with Gasteiger partial charge in [0.2, 0.25) is 5.91 Å².